The molecule has 0 saturated heterocycles. The fourth-order valence-electron chi connectivity index (χ4n) is 4.12. The van der Waals surface area contributed by atoms with E-state index in [9.17, 15) is 4.79 Å². The molecule has 21 heavy (non-hydrogen) atoms. The number of nitrogens with two attached hydrogens (primary N) is 1. The summed E-state index contributed by atoms with van der Waals surface area (Å²) in [6, 6.07) is 3.53. The molecule has 0 aromatic carbocycles. The minimum atomic E-state index is 0.0553. The fraction of sp³-hybridized carbons (Fsp3) is 0.625. The molecule has 1 heterocycles. The van der Waals surface area contributed by atoms with Gasteiger partial charge in [0.25, 0.3) is 5.91 Å². The van der Waals surface area contributed by atoms with E-state index >= 15 is 0 Å². The molecule has 2 fully saturated rings. The Morgan fingerprint density at radius 1 is 1.43 bits per heavy atom. The first kappa shape index (κ1) is 14.3. The Kier molecular flexibility index (Phi) is 3.85. The van der Waals surface area contributed by atoms with Crippen molar-refractivity contribution in [3.05, 3.63) is 23.4 Å². The molecule has 0 aliphatic heterocycles. The van der Waals surface area contributed by atoms with Gasteiger partial charge in [-0.25, -0.2) is 10.8 Å². The van der Waals surface area contributed by atoms with Crippen LogP contribution < -0.4 is 11.3 Å². The molecular formula is C16H24N4O. The molecule has 1 aromatic rings. The van der Waals surface area contributed by atoms with Crippen LogP contribution in [-0.4, -0.2) is 29.4 Å². The maximum atomic E-state index is 12.6. The van der Waals surface area contributed by atoms with Crippen molar-refractivity contribution in [2.24, 2.45) is 23.6 Å². The topological polar surface area (TPSA) is 71.2 Å². The number of pyridine rings is 1. The summed E-state index contributed by atoms with van der Waals surface area (Å²) >= 11 is 0. The third-order valence-electron chi connectivity index (χ3n) is 5.09. The van der Waals surface area contributed by atoms with Crippen LogP contribution in [0.5, 0.6) is 0 Å². The Hall–Kier alpha value is -1.62. The molecule has 1 aromatic heterocycles. The molecular weight excluding hydrogens is 264 g/mol. The van der Waals surface area contributed by atoms with Gasteiger partial charge in [-0.3, -0.25) is 4.79 Å². The number of nitrogens with zero attached hydrogens (tertiary/aromatic N) is 2. The standard InChI is InChI=1S/C16H24N4O/c1-10-5-13(8-15(18-10)19-17)16(21)20(2)9-14-7-11-3-4-12(14)6-11/h5,8,11-12,14H,3-4,6-7,9,17H2,1-2H3,(H,18,19). The van der Waals surface area contributed by atoms with Crippen LogP contribution in [0, 0.1) is 24.7 Å². The van der Waals surface area contributed by atoms with Gasteiger partial charge >= 0.3 is 0 Å². The lowest BCUT2D eigenvalue weighted by Gasteiger charge is -2.27. The first-order valence-electron chi connectivity index (χ1n) is 7.77. The maximum absolute atomic E-state index is 12.6. The summed E-state index contributed by atoms with van der Waals surface area (Å²) in [5, 5.41) is 0. The molecule has 2 bridgehead atoms. The van der Waals surface area contributed by atoms with Gasteiger partial charge in [0.05, 0.1) is 0 Å². The molecule has 5 nitrogen and oxygen atoms in total. The second kappa shape index (κ2) is 5.64. The Bertz CT molecular complexity index is 545. The highest BCUT2D eigenvalue weighted by Crippen LogP contribution is 2.48. The minimum absolute atomic E-state index is 0.0553. The molecule has 3 N–H and O–H groups in total. The minimum Gasteiger partial charge on any atom is -0.341 e. The van der Waals surface area contributed by atoms with E-state index in [0.29, 0.717) is 17.3 Å². The zero-order chi connectivity index (χ0) is 15.0. The zero-order valence-electron chi connectivity index (χ0n) is 12.8. The van der Waals surface area contributed by atoms with E-state index in [1.165, 1.54) is 25.7 Å². The first-order valence-corrected chi connectivity index (χ1v) is 7.77. The van der Waals surface area contributed by atoms with Crippen LogP contribution >= 0.6 is 0 Å². The van der Waals surface area contributed by atoms with Crippen LogP contribution in [0.1, 0.15) is 41.7 Å². The molecule has 3 rings (SSSR count). The highest BCUT2D eigenvalue weighted by atomic mass is 16.2. The van der Waals surface area contributed by atoms with E-state index in [-0.39, 0.29) is 5.91 Å². The van der Waals surface area contributed by atoms with Gasteiger partial charge in [0, 0.05) is 24.8 Å². The third kappa shape index (κ3) is 2.88. The zero-order valence-corrected chi connectivity index (χ0v) is 12.8. The van der Waals surface area contributed by atoms with Crippen LogP contribution in [0.4, 0.5) is 5.82 Å². The van der Waals surface area contributed by atoms with Gasteiger partial charge in [-0.05, 0) is 56.1 Å². The van der Waals surface area contributed by atoms with Crippen molar-refractivity contribution in [2.45, 2.75) is 32.6 Å². The van der Waals surface area contributed by atoms with Crippen LogP contribution in [0.25, 0.3) is 0 Å². The van der Waals surface area contributed by atoms with Gasteiger partial charge in [-0.1, -0.05) is 6.42 Å². The van der Waals surface area contributed by atoms with Gasteiger partial charge in [0.2, 0.25) is 0 Å². The summed E-state index contributed by atoms with van der Waals surface area (Å²) in [4.78, 5) is 18.7. The SMILES string of the molecule is Cc1cc(C(=O)N(C)CC2CC3CCC2C3)cc(NN)n1. The predicted octanol–water partition coefficient (Wildman–Crippen LogP) is 2.18. The number of hydrogen-bond donors (Lipinski definition) is 2. The lowest BCUT2D eigenvalue weighted by Crippen LogP contribution is -2.34. The number of hydrogen-bond acceptors (Lipinski definition) is 4. The van der Waals surface area contributed by atoms with Gasteiger partial charge in [0.1, 0.15) is 5.82 Å². The number of carbonyl (C=O) groups is 1. The van der Waals surface area contributed by atoms with Gasteiger partial charge in [-0.2, -0.15) is 0 Å². The van der Waals surface area contributed by atoms with Crippen molar-refractivity contribution in [1.29, 1.82) is 0 Å². The van der Waals surface area contributed by atoms with E-state index in [1.54, 1.807) is 6.07 Å². The number of aryl methyl sites for hydroxylation is 1. The molecule has 3 atom stereocenters. The molecule has 114 valence electrons. The van der Waals surface area contributed by atoms with Crippen LogP contribution in [-0.2, 0) is 0 Å². The Balaban J connectivity index is 1.68. The number of nitrogen functional groups attached to an aromatic ring is 1. The molecule has 2 aliphatic carbocycles. The van der Waals surface area contributed by atoms with E-state index < -0.39 is 0 Å². The summed E-state index contributed by atoms with van der Waals surface area (Å²) in [6.45, 7) is 2.74. The van der Waals surface area contributed by atoms with E-state index in [0.717, 1.165) is 24.1 Å². The van der Waals surface area contributed by atoms with Crippen LogP contribution in [0.3, 0.4) is 0 Å². The van der Waals surface area contributed by atoms with Crippen molar-refractivity contribution < 1.29 is 4.79 Å². The number of fused-ring (bicyclic) bond motifs is 2. The summed E-state index contributed by atoms with van der Waals surface area (Å²) < 4.78 is 0. The van der Waals surface area contributed by atoms with E-state index in [4.69, 9.17) is 5.84 Å². The average molecular weight is 288 g/mol. The van der Waals surface area contributed by atoms with Crippen LogP contribution in [0.15, 0.2) is 12.1 Å². The van der Waals surface area contributed by atoms with Crippen LogP contribution in [0.2, 0.25) is 0 Å². The fourth-order valence-corrected chi connectivity index (χ4v) is 4.12. The molecule has 0 spiro atoms. The molecule has 3 unspecified atom stereocenters. The largest absolute Gasteiger partial charge is 0.341 e. The molecule has 1 amide bonds. The molecule has 5 heteroatoms. The number of hydrazine groups is 1. The number of nitrogens with one attached hydrogen (secondary N) is 1. The first-order chi connectivity index (χ1) is 10.1. The smallest absolute Gasteiger partial charge is 0.253 e. The van der Waals surface area contributed by atoms with Crippen molar-refractivity contribution in [1.82, 2.24) is 9.88 Å². The quantitative estimate of drug-likeness (QED) is 0.658. The van der Waals surface area contributed by atoms with Gasteiger partial charge in [0.15, 0.2) is 0 Å². The van der Waals surface area contributed by atoms with Crippen molar-refractivity contribution >= 4 is 11.7 Å². The Morgan fingerprint density at radius 2 is 2.24 bits per heavy atom. The number of amides is 1. The monoisotopic (exact) mass is 288 g/mol. The highest BCUT2D eigenvalue weighted by Gasteiger charge is 2.40. The Morgan fingerprint density at radius 3 is 2.86 bits per heavy atom. The summed E-state index contributed by atoms with van der Waals surface area (Å²) in [5.74, 6) is 8.43. The lowest BCUT2D eigenvalue weighted by atomic mass is 9.88. The van der Waals surface area contributed by atoms with Crippen molar-refractivity contribution in [3.8, 4) is 0 Å². The molecule has 0 radical (unpaired) electrons. The normalized spacial score (nSPS) is 26.9. The average Bonchev–Trinajstić information content (AvgIpc) is 3.08. The maximum Gasteiger partial charge on any atom is 0.253 e. The summed E-state index contributed by atoms with van der Waals surface area (Å²) in [5.41, 5.74) is 3.96. The van der Waals surface area contributed by atoms with E-state index in [2.05, 4.69) is 10.4 Å². The Labute approximate surface area is 125 Å². The van der Waals surface area contributed by atoms with Crippen molar-refractivity contribution in [2.75, 3.05) is 19.0 Å². The summed E-state index contributed by atoms with van der Waals surface area (Å²) in [7, 11) is 1.90. The molecule has 2 aliphatic rings. The highest BCUT2D eigenvalue weighted by molar-refractivity contribution is 5.94. The second-order valence-corrected chi connectivity index (χ2v) is 6.65. The summed E-state index contributed by atoms with van der Waals surface area (Å²) in [6.07, 6.45) is 5.43. The lowest BCUT2D eigenvalue weighted by molar-refractivity contribution is 0.0754. The van der Waals surface area contributed by atoms with Gasteiger partial charge < -0.3 is 10.3 Å². The number of aromatic nitrogens is 1. The predicted molar refractivity (Wildman–Crippen MR) is 82.7 cm³/mol. The number of anilines is 1. The number of rotatable bonds is 4. The second-order valence-electron chi connectivity index (χ2n) is 6.65. The molecule has 2 saturated carbocycles. The van der Waals surface area contributed by atoms with Crippen molar-refractivity contribution in [3.63, 3.8) is 0 Å². The van der Waals surface area contributed by atoms with Gasteiger partial charge in [-0.15, -0.1) is 0 Å². The van der Waals surface area contributed by atoms with E-state index in [1.807, 2.05) is 24.9 Å². The number of carbonyl (C=O) groups excluding carboxylic acids is 1. The third-order valence-corrected chi connectivity index (χ3v) is 5.09.